The molecule has 0 unspecified atom stereocenters. The SMILES string of the molecule is C[C@H]1CN(c2cc(F)c(-c3cnc(N4CCOCC4)nc3)cc2NC(=O)c2cccc(Cl)c2Cl)CCN1C. The molecule has 2 aromatic carbocycles. The van der Waals surface area contributed by atoms with E-state index < -0.39 is 11.7 Å². The van der Waals surface area contributed by atoms with Gasteiger partial charge in [0.25, 0.3) is 5.91 Å². The molecule has 3 heterocycles. The molecule has 2 saturated heterocycles. The third-order valence-electron chi connectivity index (χ3n) is 7.07. The first-order valence-corrected chi connectivity index (χ1v) is 13.3. The Morgan fingerprint density at radius 2 is 1.82 bits per heavy atom. The lowest BCUT2D eigenvalue weighted by atomic mass is 10.0. The van der Waals surface area contributed by atoms with E-state index in [1.807, 2.05) is 4.90 Å². The van der Waals surface area contributed by atoms with Crippen molar-refractivity contribution in [3.63, 3.8) is 0 Å². The number of nitrogens with zero attached hydrogens (tertiary/aromatic N) is 5. The van der Waals surface area contributed by atoms with Crippen LogP contribution in [0.4, 0.5) is 21.7 Å². The number of piperazine rings is 1. The number of anilines is 3. The van der Waals surface area contributed by atoms with Crippen molar-refractivity contribution in [3.05, 3.63) is 64.2 Å². The molecule has 1 amide bonds. The van der Waals surface area contributed by atoms with Gasteiger partial charge in [-0.2, -0.15) is 0 Å². The number of carbonyl (C=O) groups excluding carboxylic acids is 1. The van der Waals surface area contributed by atoms with Gasteiger partial charge in [0.2, 0.25) is 5.95 Å². The van der Waals surface area contributed by atoms with E-state index in [4.69, 9.17) is 27.9 Å². The van der Waals surface area contributed by atoms with Gasteiger partial charge < -0.3 is 24.8 Å². The molecule has 38 heavy (non-hydrogen) atoms. The second-order valence-electron chi connectivity index (χ2n) is 9.55. The Hall–Kier alpha value is -2.98. The van der Waals surface area contributed by atoms with Gasteiger partial charge in [-0.05, 0) is 38.2 Å². The Labute approximate surface area is 231 Å². The summed E-state index contributed by atoms with van der Waals surface area (Å²) < 4.78 is 21.0. The number of nitrogens with one attached hydrogen (secondary N) is 1. The maximum atomic E-state index is 15.6. The highest BCUT2D eigenvalue weighted by Crippen LogP contribution is 2.36. The number of aromatic nitrogens is 2. The summed E-state index contributed by atoms with van der Waals surface area (Å²) in [5.41, 5.74) is 2.10. The van der Waals surface area contributed by atoms with Crippen LogP contribution in [0.15, 0.2) is 42.7 Å². The minimum Gasteiger partial charge on any atom is -0.378 e. The van der Waals surface area contributed by atoms with Gasteiger partial charge in [0.15, 0.2) is 0 Å². The van der Waals surface area contributed by atoms with E-state index >= 15 is 4.39 Å². The number of benzene rings is 2. The molecule has 0 bridgehead atoms. The van der Waals surface area contributed by atoms with Crippen LogP contribution < -0.4 is 15.1 Å². The highest BCUT2D eigenvalue weighted by Gasteiger charge is 2.26. The summed E-state index contributed by atoms with van der Waals surface area (Å²) in [5.74, 6) is -0.282. The highest BCUT2D eigenvalue weighted by molar-refractivity contribution is 6.44. The van der Waals surface area contributed by atoms with Gasteiger partial charge in [0.05, 0.1) is 40.2 Å². The maximum absolute atomic E-state index is 15.6. The van der Waals surface area contributed by atoms with E-state index in [2.05, 4.69) is 39.1 Å². The molecule has 3 aromatic rings. The number of morpholine rings is 1. The number of likely N-dealkylation sites (N-methyl/N-ethyl adjacent to an activating group) is 1. The van der Waals surface area contributed by atoms with Gasteiger partial charge >= 0.3 is 0 Å². The van der Waals surface area contributed by atoms with Crippen molar-refractivity contribution in [2.24, 2.45) is 0 Å². The predicted molar refractivity (Wildman–Crippen MR) is 149 cm³/mol. The van der Waals surface area contributed by atoms with Crippen molar-refractivity contribution in [3.8, 4) is 11.1 Å². The monoisotopic (exact) mass is 558 g/mol. The largest absolute Gasteiger partial charge is 0.378 e. The average molecular weight is 559 g/mol. The quantitative estimate of drug-likeness (QED) is 0.481. The predicted octanol–water partition coefficient (Wildman–Crippen LogP) is 4.82. The fraction of sp³-hybridized carbons (Fsp3) is 0.370. The Morgan fingerprint density at radius 1 is 1.08 bits per heavy atom. The summed E-state index contributed by atoms with van der Waals surface area (Å²) in [5, 5.41) is 3.40. The summed E-state index contributed by atoms with van der Waals surface area (Å²) in [7, 11) is 2.07. The third kappa shape index (κ3) is 5.56. The van der Waals surface area contributed by atoms with Crippen LogP contribution in [-0.2, 0) is 4.74 Å². The van der Waals surface area contributed by atoms with E-state index in [1.54, 1.807) is 36.7 Å². The fourth-order valence-electron chi connectivity index (χ4n) is 4.67. The summed E-state index contributed by atoms with van der Waals surface area (Å²) in [6.07, 6.45) is 3.21. The van der Waals surface area contributed by atoms with Gasteiger partial charge in [-0.15, -0.1) is 0 Å². The normalized spacial score (nSPS) is 18.5. The first kappa shape index (κ1) is 26.6. The maximum Gasteiger partial charge on any atom is 0.257 e. The van der Waals surface area contributed by atoms with E-state index in [1.165, 1.54) is 6.07 Å². The fourth-order valence-corrected chi connectivity index (χ4v) is 5.06. The summed E-state index contributed by atoms with van der Waals surface area (Å²) in [6, 6.07) is 8.25. The molecule has 1 aromatic heterocycles. The minimum atomic E-state index is -0.433. The Bertz CT molecular complexity index is 1320. The number of hydrogen-bond acceptors (Lipinski definition) is 7. The molecule has 11 heteroatoms. The molecule has 0 aliphatic carbocycles. The van der Waals surface area contributed by atoms with Gasteiger partial charge in [0.1, 0.15) is 5.82 Å². The van der Waals surface area contributed by atoms with Crippen LogP contribution in [0.1, 0.15) is 17.3 Å². The van der Waals surface area contributed by atoms with Gasteiger partial charge in [0, 0.05) is 62.3 Å². The molecular weight excluding hydrogens is 530 g/mol. The third-order valence-corrected chi connectivity index (χ3v) is 7.89. The van der Waals surface area contributed by atoms with Crippen LogP contribution in [0.5, 0.6) is 0 Å². The molecule has 1 N–H and O–H groups in total. The molecule has 0 saturated carbocycles. The summed E-state index contributed by atoms with van der Waals surface area (Å²) in [6.45, 7) is 6.95. The molecule has 2 aliphatic rings. The lowest BCUT2D eigenvalue weighted by molar-refractivity contribution is 0.102. The lowest BCUT2D eigenvalue weighted by Gasteiger charge is -2.39. The van der Waals surface area contributed by atoms with Crippen LogP contribution in [0.25, 0.3) is 11.1 Å². The number of rotatable bonds is 5. The average Bonchev–Trinajstić information content (AvgIpc) is 2.93. The first-order chi connectivity index (χ1) is 18.3. The number of carbonyl (C=O) groups is 1. The van der Waals surface area contributed by atoms with Crippen LogP contribution in [-0.4, -0.2) is 79.8 Å². The Kier molecular flexibility index (Phi) is 7.99. The second kappa shape index (κ2) is 11.4. The minimum absolute atomic E-state index is 0.163. The van der Waals surface area contributed by atoms with Crippen molar-refractivity contribution < 1.29 is 13.9 Å². The molecule has 200 valence electrons. The number of hydrogen-bond donors (Lipinski definition) is 1. The standard InChI is InChI=1S/C27H29Cl2FN6O2/c1-17-16-36(7-6-34(17)2)24-13-22(30)20(18-14-31-27(32-15-18)35-8-10-38-11-9-35)12-23(24)33-26(37)19-4-3-5-21(28)25(19)29/h3-5,12-15,17H,6-11,16H2,1-2H3,(H,33,37)/t17-/m0/s1. The zero-order valence-corrected chi connectivity index (χ0v) is 22.8. The van der Waals surface area contributed by atoms with E-state index in [-0.39, 0.29) is 27.2 Å². The molecule has 5 rings (SSSR count). The zero-order valence-electron chi connectivity index (χ0n) is 21.3. The number of halogens is 3. The zero-order chi connectivity index (χ0) is 26.8. The van der Waals surface area contributed by atoms with Crippen molar-refractivity contribution in [1.29, 1.82) is 0 Å². The van der Waals surface area contributed by atoms with E-state index in [9.17, 15) is 4.79 Å². The highest BCUT2D eigenvalue weighted by atomic mass is 35.5. The van der Waals surface area contributed by atoms with Crippen LogP contribution in [0.3, 0.4) is 0 Å². The van der Waals surface area contributed by atoms with Crippen LogP contribution >= 0.6 is 23.2 Å². The molecule has 0 radical (unpaired) electrons. The van der Waals surface area contributed by atoms with Crippen molar-refractivity contribution in [1.82, 2.24) is 14.9 Å². The molecule has 1 atom stereocenters. The first-order valence-electron chi connectivity index (χ1n) is 12.5. The van der Waals surface area contributed by atoms with Gasteiger partial charge in [-0.3, -0.25) is 4.79 Å². The summed E-state index contributed by atoms with van der Waals surface area (Å²) in [4.78, 5) is 28.6. The summed E-state index contributed by atoms with van der Waals surface area (Å²) >= 11 is 12.5. The van der Waals surface area contributed by atoms with Crippen molar-refractivity contribution >= 4 is 46.4 Å². The molecule has 8 nitrogen and oxygen atoms in total. The van der Waals surface area contributed by atoms with E-state index in [0.717, 1.165) is 6.54 Å². The Morgan fingerprint density at radius 3 is 2.53 bits per heavy atom. The van der Waals surface area contributed by atoms with E-state index in [0.29, 0.717) is 62.3 Å². The van der Waals surface area contributed by atoms with Crippen molar-refractivity contribution in [2.75, 3.05) is 68.1 Å². The Balaban J connectivity index is 1.50. The molecule has 0 spiro atoms. The van der Waals surface area contributed by atoms with Crippen LogP contribution in [0.2, 0.25) is 10.0 Å². The molecule has 2 aliphatic heterocycles. The lowest BCUT2D eigenvalue weighted by Crippen LogP contribution is -2.50. The molecular formula is C27H29Cl2FN6O2. The van der Waals surface area contributed by atoms with Gasteiger partial charge in [-0.1, -0.05) is 29.3 Å². The smallest absolute Gasteiger partial charge is 0.257 e. The number of ether oxygens (including phenoxy) is 1. The number of amides is 1. The van der Waals surface area contributed by atoms with Gasteiger partial charge in [-0.25, -0.2) is 14.4 Å². The topological polar surface area (TPSA) is 73.8 Å². The van der Waals surface area contributed by atoms with Crippen LogP contribution in [0, 0.1) is 5.82 Å². The van der Waals surface area contributed by atoms with Crippen molar-refractivity contribution in [2.45, 2.75) is 13.0 Å². The molecule has 2 fully saturated rings. The second-order valence-corrected chi connectivity index (χ2v) is 10.3.